The highest BCUT2D eigenvalue weighted by Crippen LogP contribution is 2.20. The number of nitrogens with one attached hydrogen (secondary N) is 1. The monoisotopic (exact) mass is 270 g/mol. The summed E-state index contributed by atoms with van der Waals surface area (Å²) < 4.78 is 41.2. The predicted molar refractivity (Wildman–Crippen MR) is 63.3 cm³/mol. The third kappa shape index (κ3) is 2.86. The van der Waals surface area contributed by atoms with Gasteiger partial charge in [-0.2, -0.15) is 0 Å². The quantitative estimate of drug-likeness (QED) is 0.858. The molecule has 96 valence electrons. The Morgan fingerprint density at radius 1 is 1.44 bits per heavy atom. The minimum absolute atomic E-state index is 0.0592. The van der Waals surface area contributed by atoms with Gasteiger partial charge < -0.3 is 9.73 Å². The Morgan fingerprint density at radius 2 is 2.22 bits per heavy atom. The highest BCUT2D eigenvalue weighted by molar-refractivity contribution is 7.90. The first-order chi connectivity index (χ1) is 8.47. The van der Waals surface area contributed by atoms with Crippen LogP contribution in [0.2, 0.25) is 0 Å². The van der Waals surface area contributed by atoms with E-state index < -0.39 is 15.7 Å². The Kier molecular flexibility index (Phi) is 3.33. The van der Waals surface area contributed by atoms with Crippen LogP contribution in [0.1, 0.15) is 5.76 Å². The Bertz CT molecular complexity index is 638. The molecule has 0 radical (unpaired) electrons. The van der Waals surface area contributed by atoms with Gasteiger partial charge in [-0.3, -0.25) is 0 Å². The number of nitrogens with zero attached hydrogens (tertiary/aromatic N) is 1. The van der Waals surface area contributed by atoms with Crippen LogP contribution in [0, 0.1) is 5.82 Å². The van der Waals surface area contributed by atoms with Crippen molar-refractivity contribution in [1.82, 2.24) is 4.98 Å². The Hall–Kier alpha value is -1.89. The van der Waals surface area contributed by atoms with Crippen LogP contribution in [0.5, 0.6) is 0 Å². The zero-order valence-electron chi connectivity index (χ0n) is 9.55. The molecule has 0 spiro atoms. The van der Waals surface area contributed by atoms with E-state index >= 15 is 0 Å². The van der Waals surface area contributed by atoms with Crippen LogP contribution < -0.4 is 5.32 Å². The van der Waals surface area contributed by atoms with E-state index in [-0.39, 0.29) is 17.1 Å². The minimum Gasteiger partial charge on any atom is -0.447 e. The van der Waals surface area contributed by atoms with Gasteiger partial charge in [0.2, 0.25) is 0 Å². The van der Waals surface area contributed by atoms with E-state index in [1.54, 1.807) is 0 Å². The first-order valence-electron chi connectivity index (χ1n) is 5.07. The van der Waals surface area contributed by atoms with E-state index in [2.05, 4.69) is 10.3 Å². The van der Waals surface area contributed by atoms with Gasteiger partial charge in [0.15, 0.2) is 16.2 Å². The van der Waals surface area contributed by atoms with Gasteiger partial charge in [0, 0.05) is 6.26 Å². The van der Waals surface area contributed by atoms with Crippen molar-refractivity contribution in [3.05, 3.63) is 42.4 Å². The van der Waals surface area contributed by atoms with E-state index in [1.807, 2.05) is 0 Å². The van der Waals surface area contributed by atoms with Crippen molar-refractivity contribution in [2.75, 3.05) is 11.6 Å². The molecule has 0 amide bonds. The second kappa shape index (κ2) is 4.77. The number of sulfone groups is 1. The molecule has 0 aliphatic heterocycles. The standard InChI is InChI=1S/C11H11FN2O3S/c1-18(15,16)9-2-3-10(12)11(4-9)14-6-8-5-13-7-17-8/h2-5,7,14H,6H2,1H3. The number of hydrogen-bond acceptors (Lipinski definition) is 5. The minimum atomic E-state index is -3.36. The smallest absolute Gasteiger partial charge is 0.180 e. The van der Waals surface area contributed by atoms with Crippen LogP contribution in [0.25, 0.3) is 0 Å². The van der Waals surface area contributed by atoms with Crippen molar-refractivity contribution in [1.29, 1.82) is 0 Å². The molecule has 1 heterocycles. The largest absolute Gasteiger partial charge is 0.447 e. The number of rotatable bonds is 4. The molecule has 1 aromatic carbocycles. The Balaban J connectivity index is 2.22. The van der Waals surface area contributed by atoms with Gasteiger partial charge in [-0.05, 0) is 18.2 Å². The molecule has 0 bridgehead atoms. The molecular weight excluding hydrogens is 259 g/mol. The van der Waals surface area contributed by atoms with Crippen molar-refractivity contribution in [2.24, 2.45) is 0 Å². The van der Waals surface area contributed by atoms with Crippen molar-refractivity contribution < 1.29 is 17.2 Å². The molecule has 1 aromatic heterocycles. The molecular formula is C11H11FN2O3S. The highest BCUT2D eigenvalue weighted by atomic mass is 32.2. The fourth-order valence-electron chi connectivity index (χ4n) is 1.38. The maximum atomic E-state index is 13.5. The van der Waals surface area contributed by atoms with E-state index in [1.165, 1.54) is 24.7 Å². The lowest BCUT2D eigenvalue weighted by atomic mass is 10.3. The SMILES string of the molecule is CS(=O)(=O)c1ccc(F)c(NCc2cnco2)c1. The average Bonchev–Trinajstić information content (AvgIpc) is 2.79. The number of hydrogen-bond donors (Lipinski definition) is 1. The molecule has 18 heavy (non-hydrogen) atoms. The van der Waals surface area contributed by atoms with Gasteiger partial charge in [-0.1, -0.05) is 0 Å². The Morgan fingerprint density at radius 3 is 2.83 bits per heavy atom. The lowest BCUT2D eigenvalue weighted by Gasteiger charge is -2.07. The lowest BCUT2D eigenvalue weighted by molar-refractivity contribution is 0.511. The van der Waals surface area contributed by atoms with E-state index in [0.29, 0.717) is 5.76 Å². The van der Waals surface area contributed by atoms with Crippen molar-refractivity contribution in [3.63, 3.8) is 0 Å². The number of benzene rings is 1. The molecule has 0 atom stereocenters. The van der Waals surface area contributed by atoms with Crippen LogP contribution >= 0.6 is 0 Å². The Labute approximate surface area is 104 Å². The van der Waals surface area contributed by atoms with Gasteiger partial charge >= 0.3 is 0 Å². The fraction of sp³-hybridized carbons (Fsp3) is 0.182. The van der Waals surface area contributed by atoms with Gasteiger partial charge in [0.1, 0.15) is 11.6 Å². The summed E-state index contributed by atoms with van der Waals surface area (Å²) in [6, 6.07) is 3.59. The molecule has 0 unspecified atom stereocenters. The molecule has 0 fully saturated rings. The van der Waals surface area contributed by atoms with Gasteiger partial charge in [0.05, 0.1) is 23.3 Å². The van der Waals surface area contributed by atoms with Gasteiger partial charge in [-0.25, -0.2) is 17.8 Å². The molecule has 0 aliphatic carbocycles. The van der Waals surface area contributed by atoms with Gasteiger partial charge in [0.25, 0.3) is 0 Å². The number of halogens is 1. The number of oxazole rings is 1. The second-order valence-electron chi connectivity index (χ2n) is 3.74. The van der Waals surface area contributed by atoms with Crippen molar-refractivity contribution in [3.8, 4) is 0 Å². The highest BCUT2D eigenvalue weighted by Gasteiger charge is 2.11. The predicted octanol–water partition coefficient (Wildman–Crippen LogP) is 1.83. The summed E-state index contributed by atoms with van der Waals surface area (Å²) in [4.78, 5) is 3.78. The third-order valence-corrected chi connectivity index (χ3v) is 3.41. The first kappa shape index (κ1) is 12.6. The first-order valence-corrected chi connectivity index (χ1v) is 6.97. The van der Waals surface area contributed by atoms with Crippen LogP contribution in [-0.2, 0) is 16.4 Å². The third-order valence-electron chi connectivity index (χ3n) is 2.30. The van der Waals surface area contributed by atoms with E-state index in [0.717, 1.165) is 12.3 Å². The summed E-state index contributed by atoms with van der Waals surface area (Å²) in [5.41, 5.74) is 0.106. The summed E-state index contributed by atoms with van der Waals surface area (Å²) in [5, 5.41) is 2.75. The lowest BCUT2D eigenvalue weighted by Crippen LogP contribution is -2.03. The molecule has 7 heteroatoms. The zero-order chi connectivity index (χ0) is 13.2. The molecule has 5 nitrogen and oxygen atoms in total. The van der Waals surface area contributed by atoms with Crippen LogP contribution in [0.4, 0.5) is 10.1 Å². The summed E-state index contributed by atoms with van der Waals surface area (Å²) in [6.45, 7) is 0.226. The molecule has 2 rings (SSSR count). The summed E-state index contributed by atoms with van der Waals surface area (Å²) in [6.07, 6.45) is 3.83. The number of aromatic nitrogens is 1. The van der Waals surface area contributed by atoms with E-state index in [9.17, 15) is 12.8 Å². The molecule has 0 saturated carbocycles. The van der Waals surface area contributed by atoms with Crippen LogP contribution in [-0.4, -0.2) is 19.7 Å². The zero-order valence-corrected chi connectivity index (χ0v) is 10.4. The van der Waals surface area contributed by atoms with Crippen LogP contribution in [0.3, 0.4) is 0 Å². The normalized spacial score (nSPS) is 11.4. The fourth-order valence-corrected chi connectivity index (χ4v) is 2.03. The second-order valence-corrected chi connectivity index (χ2v) is 5.75. The summed E-state index contributed by atoms with van der Waals surface area (Å²) in [5.74, 6) is 0.000994. The maximum absolute atomic E-state index is 13.5. The molecule has 0 aliphatic rings. The topological polar surface area (TPSA) is 72.2 Å². The molecule has 0 saturated heterocycles. The summed E-state index contributed by atoms with van der Waals surface area (Å²) in [7, 11) is -3.36. The van der Waals surface area contributed by atoms with Crippen molar-refractivity contribution in [2.45, 2.75) is 11.4 Å². The molecule has 2 aromatic rings. The van der Waals surface area contributed by atoms with E-state index in [4.69, 9.17) is 4.42 Å². The average molecular weight is 270 g/mol. The maximum Gasteiger partial charge on any atom is 0.180 e. The molecule has 1 N–H and O–H groups in total. The van der Waals surface area contributed by atoms with Gasteiger partial charge in [-0.15, -0.1) is 0 Å². The summed E-state index contributed by atoms with van der Waals surface area (Å²) >= 11 is 0. The number of anilines is 1. The van der Waals surface area contributed by atoms with Crippen molar-refractivity contribution >= 4 is 15.5 Å². The van der Waals surface area contributed by atoms with Crippen LogP contribution in [0.15, 0.2) is 40.1 Å².